The molecule has 0 aliphatic carbocycles. The van der Waals surface area contributed by atoms with Crippen LogP contribution in [0.25, 0.3) is 0 Å². The van der Waals surface area contributed by atoms with Crippen LogP contribution in [-0.2, 0) is 10.8 Å². The van der Waals surface area contributed by atoms with Gasteiger partial charge in [0.2, 0.25) is 0 Å². The Labute approximate surface area is 257 Å². The van der Waals surface area contributed by atoms with Crippen LogP contribution in [0, 0.1) is 27.7 Å². The Morgan fingerprint density at radius 2 is 1.00 bits per heavy atom. The van der Waals surface area contributed by atoms with E-state index in [1.165, 1.54) is 83.9 Å². The number of nitrogens with zero attached hydrogens (tertiary/aromatic N) is 2. The molecule has 0 atom stereocenters. The summed E-state index contributed by atoms with van der Waals surface area (Å²) in [6.45, 7) is 18.7. The summed E-state index contributed by atoms with van der Waals surface area (Å²) >= 11 is 0. The zero-order valence-corrected chi connectivity index (χ0v) is 26.6. The average molecular weight is 559 g/mol. The van der Waals surface area contributed by atoms with E-state index in [4.69, 9.17) is 0 Å². The minimum absolute atomic E-state index is 0.0277. The predicted molar refractivity (Wildman–Crippen MR) is 184 cm³/mol. The minimum Gasteiger partial charge on any atom is -0.376 e. The number of benzene rings is 5. The van der Waals surface area contributed by atoms with Gasteiger partial charge in [0.05, 0.1) is 5.69 Å². The highest BCUT2D eigenvalue weighted by Gasteiger charge is 2.49. The van der Waals surface area contributed by atoms with Gasteiger partial charge >= 0.3 is 6.85 Å². The van der Waals surface area contributed by atoms with Gasteiger partial charge in [-0.2, -0.15) is 0 Å². The lowest BCUT2D eigenvalue weighted by molar-refractivity contribution is 0.630. The topological polar surface area (TPSA) is 6.48 Å². The maximum atomic E-state index is 2.72. The van der Waals surface area contributed by atoms with Gasteiger partial charge in [0, 0.05) is 33.6 Å². The molecule has 5 aromatic carbocycles. The highest BCUT2D eigenvalue weighted by molar-refractivity contribution is 6.92. The van der Waals surface area contributed by atoms with Crippen LogP contribution in [-0.4, -0.2) is 6.85 Å². The fourth-order valence-corrected chi connectivity index (χ4v) is 8.64. The van der Waals surface area contributed by atoms with Crippen molar-refractivity contribution in [3.05, 3.63) is 136 Å². The molecule has 0 unspecified atom stereocenters. The smallest absolute Gasteiger partial charge is 0.332 e. The van der Waals surface area contributed by atoms with E-state index in [1.807, 2.05) is 0 Å². The van der Waals surface area contributed by atoms with Crippen LogP contribution >= 0.6 is 0 Å². The van der Waals surface area contributed by atoms with Crippen LogP contribution in [0.5, 0.6) is 0 Å². The number of fused-ring (bicyclic) bond motifs is 6. The number of rotatable bonds is 1. The van der Waals surface area contributed by atoms with E-state index in [0.717, 1.165) is 0 Å². The summed E-state index contributed by atoms with van der Waals surface area (Å²) < 4.78 is 0. The number of aryl methyl sites for hydroxylation is 4. The number of hydrogen-bond donors (Lipinski definition) is 0. The van der Waals surface area contributed by atoms with Crippen molar-refractivity contribution in [1.82, 2.24) is 0 Å². The summed E-state index contributed by atoms with van der Waals surface area (Å²) in [7, 11) is 0. The molecule has 43 heavy (non-hydrogen) atoms. The Bertz CT molecular complexity index is 1940. The molecule has 5 aromatic rings. The average Bonchev–Trinajstić information content (AvgIpc) is 2.96. The normalized spacial score (nSPS) is 16.6. The molecule has 0 N–H and O–H groups in total. The van der Waals surface area contributed by atoms with Gasteiger partial charge in [0.1, 0.15) is 0 Å². The molecule has 0 saturated carbocycles. The molecule has 0 amide bonds. The maximum Gasteiger partial charge on any atom is 0.332 e. The first-order chi connectivity index (χ1) is 20.5. The molecular formula is C40H39BN2. The number of anilines is 5. The standard InChI is InChI=1S/C40H39BN2/c1-24-20-26(3)36-30(22-24)40(7,8)31-23-25(2)21-27(4)37(31)43(36)41-32-16-10-12-19-35(32)42-34-18-11-9-14-28(34)39(5,6)29-15-13-17-33(41)38(29)42/h9-23H,1-8H3. The lowest BCUT2D eigenvalue weighted by Gasteiger charge is -2.51. The Morgan fingerprint density at radius 1 is 0.488 bits per heavy atom. The molecule has 212 valence electrons. The molecule has 0 fully saturated rings. The van der Waals surface area contributed by atoms with Crippen LogP contribution in [0.4, 0.5) is 28.4 Å². The van der Waals surface area contributed by atoms with E-state index in [2.05, 4.69) is 156 Å². The molecule has 2 nitrogen and oxygen atoms in total. The van der Waals surface area contributed by atoms with Gasteiger partial charge in [-0.25, -0.2) is 0 Å². The van der Waals surface area contributed by atoms with Gasteiger partial charge in [0.15, 0.2) is 0 Å². The van der Waals surface area contributed by atoms with Crippen LogP contribution in [0.1, 0.15) is 72.2 Å². The monoisotopic (exact) mass is 558 g/mol. The zero-order chi connectivity index (χ0) is 30.0. The van der Waals surface area contributed by atoms with Gasteiger partial charge in [0.25, 0.3) is 0 Å². The van der Waals surface area contributed by atoms with Gasteiger partial charge in [-0.1, -0.05) is 118 Å². The van der Waals surface area contributed by atoms with Crippen molar-refractivity contribution in [1.29, 1.82) is 0 Å². The summed E-state index contributed by atoms with van der Waals surface area (Å²) in [5, 5.41) is 0. The Morgan fingerprint density at radius 3 is 1.65 bits per heavy atom. The van der Waals surface area contributed by atoms with E-state index >= 15 is 0 Å². The summed E-state index contributed by atoms with van der Waals surface area (Å²) in [4.78, 5) is 5.27. The molecular weight excluding hydrogens is 519 g/mol. The lowest BCUT2D eigenvalue weighted by atomic mass is 9.44. The van der Waals surface area contributed by atoms with Crippen LogP contribution in [0.2, 0.25) is 0 Å². The third-order valence-corrected chi connectivity index (χ3v) is 10.5. The molecule has 8 rings (SSSR count). The third kappa shape index (κ3) is 3.37. The molecule has 3 aliphatic rings. The van der Waals surface area contributed by atoms with Crippen molar-refractivity contribution in [3.8, 4) is 0 Å². The van der Waals surface area contributed by atoms with E-state index < -0.39 is 0 Å². The SMILES string of the molecule is Cc1cc(C)c2c(c1)C(C)(C)c1cc(C)cc(C)c1N2B1c2ccccc2N2c3ccccc3C(C)(C)c3cccc1c32. The summed E-state index contributed by atoms with van der Waals surface area (Å²) in [6, 6.07) is 34.8. The summed E-state index contributed by atoms with van der Waals surface area (Å²) in [6.07, 6.45) is 0. The van der Waals surface area contributed by atoms with Gasteiger partial charge in [-0.05, 0) is 84.1 Å². The van der Waals surface area contributed by atoms with E-state index in [9.17, 15) is 0 Å². The highest BCUT2D eigenvalue weighted by atomic mass is 15.2. The first-order valence-electron chi connectivity index (χ1n) is 15.7. The molecule has 3 aliphatic heterocycles. The van der Waals surface area contributed by atoms with Crippen LogP contribution in [0.3, 0.4) is 0 Å². The van der Waals surface area contributed by atoms with Crippen LogP contribution < -0.4 is 20.6 Å². The number of hydrogen-bond acceptors (Lipinski definition) is 2. The molecule has 0 saturated heterocycles. The van der Waals surface area contributed by atoms with Crippen LogP contribution in [0.15, 0.2) is 91.0 Å². The first-order valence-corrected chi connectivity index (χ1v) is 15.7. The second-order valence-corrected chi connectivity index (χ2v) is 14.1. The maximum absolute atomic E-state index is 2.72. The fraction of sp³-hybridized carbons (Fsp3) is 0.250. The predicted octanol–water partition coefficient (Wildman–Crippen LogP) is 8.93. The highest BCUT2D eigenvalue weighted by Crippen LogP contribution is 2.55. The van der Waals surface area contributed by atoms with Gasteiger partial charge < -0.3 is 9.71 Å². The molecule has 0 radical (unpaired) electrons. The quantitative estimate of drug-likeness (QED) is 0.190. The Hall–Kier alpha value is -4.24. The summed E-state index contributed by atoms with van der Waals surface area (Å²) in [5.74, 6) is 0. The zero-order valence-electron chi connectivity index (χ0n) is 26.6. The van der Waals surface area contributed by atoms with E-state index in [1.54, 1.807) is 0 Å². The molecule has 3 heterocycles. The molecule has 0 bridgehead atoms. The van der Waals surface area contributed by atoms with E-state index in [0.29, 0.717) is 0 Å². The first kappa shape index (κ1) is 26.4. The van der Waals surface area contributed by atoms with Crippen molar-refractivity contribution >= 4 is 46.2 Å². The van der Waals surface area contributed by atoms with Crippen molar-refractivity contribution in [2.45, 2.75) is 66.2 Å². The molecule has 0 aromatic heterocycles. The largest absolute Gasteiger partial charge is 0.376 e. The lowest BCUT2D eigenvalue weighted by Crippen LogP contribution is -2.62. The number of para-hydroxylation sites is 3. The van der Waals surface area contributed by atoms with Gasteiger partial charge in [-0.15, -0.1) is 0 Å². The van der Waals surface area contributed by atoms with E-state index in [-0.39, 0.29) is 17.7 Å². The van der Waals surface area contributed by atoms with Crippen molar-refractivity contribution in [3.63, 3.8) is 0 Å². The van der Waals surface area contributed by atoms with Crippen molar-refractivity contribution in [2.75, 3.05) is 9.71 Å². The summed E-state index contributed by atoms with van der Waals surface area (Å²) in [5.41, 5.74) is 20.0. The second kappa shape index (κ2) is 8.66. The minimum atomic E-state index is -0.119. The fourth-order valence-electron chi connectivity index (χ4n) is 8.64. The molecule has 3 heteroatoms. The second-order valence-electron chi connectivity index (χ2n) is 14.1. The Kier molecular flexibility index (Phi) is 5.32. The van der Waals surface area contributed by atoms with Gasteiger partial charge in [-0.3, -0.25) is 0 Å². The van der Waals surface area contributed by atoms with Crippen molar-refractivity contribution in [2.24, 2.45) is 0 Å². The third-order valence-electron chi connectivity index (χ3n) is 10.5. The Balaban J connectivity index is 1.51. The molecule has 0 spiro atoms. The van der Waals surface area contributed by atoms with Crippen molar-refractivity contribution < 1.29 is 0 Å².